The summed E-state index contributed by atoms with van der Waals surface area (Å²) < 4.78 is 7.61. The van der Waals surface area contributed by atoms with Gasteiger partial charge in [-0.15, -0.1) is 0 Å². The molecule has 0 saturated carbocycles. The van der Waals surface area contributed by atoms with Gasteiger partial charge in [0.25, 0.3) is 0 Å². The number of carbonyl (C=O) groups excluding carboxylic acids is 1. The highest BCUT2D eigenvalue weighted by Gasteiger charge is 2.04. The van der Waals surface area contributed by atoms with E-state index in [4.69, 9.17) is 4.74 Å². The number of hydrogen-bond donors (Lipinski definition) is 1. The van der Waals surface area contributed by atoms with Crippen molar-refractivity contribution in [3.63, 3.8) is 0 Å². The summed E-state index contributed by atoms with van der Waals surface area (Å²) in [5, 5.41) is 3.96. The SMILES string of the molecule is CCc1ccc(OCCCC(=O)N/N=C/c2cccc(Br)c2)c(Br)c1. The number of nitrogens with zero attached hydrogens (tertiary/aromatic N) is 1. The molecule has 4 nitrogen and oxygen atoms in total. The van der Waals surface area contributed by atoms with Crippen LogP contribution in [0.25, 0.3) is 0 Å². The van der Waals surface area contributed by atoms with Crippen molar-refractivity contribution >= 4 is 44.0 Å². The van der Waals surface area contributed by atoms with Gasteiger partial charge in [-0.05, 0) is 64.2 Å². The van der Waals surface area contributed by atoms with Crippen molar-refractivity contribution in [1.82, 2.24) is 5.43 Å². The lowest BCUT2D eigenvalue weighted by Gasteiger charge is -2.09. The lowest BCUT2D eigenvalue weighted by atomic mass is 10.2. The smallest absolute Gasteiger partial charge is 0.240 e. The molecule has 6 heteroatoms. The Morgan fingerprint density at radius 1 is 1.24 bits per heavy atom. The van der Waals surface area contributed by atoms with E-state index in [9.17, 15) is 4.79 Å². The molecule has 25 heavy (non-hydrogen) atoms. The van der Waals surface area contributed by atoms with Crippen LogP contribution in [0.15, 0.2) is 56.5 Å². The number of aryl methyl sites for hydroxylation is 1. The largest absolute Gasteiger partial charge is 0.492 e. The fourth-order valence-corrected chi connectivity index (χ4v) is 3.08. The van der Waals surface area contributed by atoms with Crippen LogP contribution in [0.3, 0.4) is 0 Å². The van der Waals surface area contributed by atoms with Crippen molar-refractivity contribution in [3.05, 3.63) is 62.5 Å². The van der Waals surface area contributed by atoms with E-state index in [0.29, 0.717) is 19.4 Å². The maximum absolute atomic E-state index is 11.8. The molecule has 0 saturated heterocycles. The van der Waals surface area contributed by atoms with Gasteiger partial charge < -0.3 is 4.74 Å². The van der Waals surface area contributed by atoms with Crippen LogP contribution in [0.1, 0.15) is 30.9 Å². The average molecular weight is 468 g/mol. The number of rotatable bonds is 8. The molecule has 2 aromatic carbocycles. The van der Waals surface area contributed by atoms with Crippen LogP contribution in [0.2, 0.25) is 0 Å². The molecule has 0 unspecified atom stereocenters. The Hall–Kier alpha value is -1.66. The molecule has 0 fully saturated rings. The van der Waals surface area contributed by atoms with Crippen molar-refractivity contribution in [2.75, 3.05) is 6.61 Å². The van der Waals surface area contributed by atoms with Crippen LogP contribution in [0, 0.1) is 0 Å². The zero-order valence-electron chi connectivity index (χ0n) is 14.0. The van der Waals surface area contributed by atoms with Gasteiger partial charge in [0, 0.05) is 10.9 Å². The van der Waals surface area contributed by atoms with E-state index in [1.54, 1.807) is 6.21 Å². The number of hydrazone groups is 1. The van der Waals surface area contributed by atoms with Gasteiger partial charge in [-0.3, -0.25) is 4.79 Å². The van der Waals surface area contributed by atoms with Crippen LogP contribution >= 0.6 is 31.9 Å². The molecule has 132 valence electrons. The Kier molecular flexibility index (Phi) is 8.15. The van der Waals surface area contributed by atoms with Gasteiger partial charge in [0.05, 0.1) is 17.3 Å². The molecule has 2 aromatic rings. The first-order valence-electron chi connectivity index (χ1n) is 8.07. The second kappa shape index (κ2) is 10.4. The third-order valence-corrected chi connectivity index (χ3v) is 4.57. The first-order valence-corrected chi connectivity index (χ1v) is 9.65. The molecule has 0 heterocycles. The lowest BCUT2D eigenvalue weighted by Crippen LogP contribution is -2.18. The Bertz CT molecular complexity index is 748. The fraction of sp³-hybridized carbons (Fsp3) is 0.263. The molecular weight excluding hydrogens is 448 g/mol. The Labute approximate surface area is 164 Å². The van der Waals surface area contributed by atoms with Gasteiger partial charge in [0.15, 0.2) is 0 Å². The quantitative estimate of drug-likeness (QED) is 0.334. The van der Waals surface area contributed by atoms with E-state index < -0.39 is 0 Å². The minimum atomic E-state index is -0.129. The summed E-state index contributed by atoms with van der Waals surface area (Å²) in [6.07, 6.45) is 3.59. The predicted molar refractivity (Wildman–Crippen MR) is 108 cm³/mol. The molecule has 1 N–H and O–H groups in total. The van der Waals surface area contributed by atoms with E-state index in [1.165, 1.54) is 5.56 Å². The number of amides is 1. The monoisotopic (exact) mass is 466 g/mol. The summed E-state index contributed by atoms with van der Waals surface area (Å²) in [6, 6.07) is 13.7. The van der Waals surface area contributed by atoms with Crippen LogP contribution in [0.4, 0.5) is 0 Å². The predicted octanol–water partition coefficient (Wildman–Crippen LogP) is 5.08. The van der Waals surface area contributed by atoms with Gasteiger partial charge >= 0.3 is 0 Å². The molecule has 0 radical (unpaired) electrons. The Morgan fingerprint density at radius 3 is 2.80 bits per heavy atom. The van der Waals surface area contributed by atoms with E-state index in [1.807, 2.05) is 36.4 Å². The third kappa shape index (κ3) is 7.00. The molecule has 2 rings (SSSR count). The number of ether oxygens (including phenoxy) is 1. The second-order valence-electron chi connectivity index (χ2n) is 5.42. The molecule has 0 aliphatic rings. The molecule has 0 spiro atoms. The summed E-state index contributed by atoms with van der Waals surface area (Å²) in [7, 11) is 0. The molecule has 0 atom stereocenters. The van der Waals surface area contributed by atoms with Crippen molar-refractivity contribution in [2.45, 2.75) is 26.2 Å². The summed E-state index contributed by atoms with van der Waals surface area (Å²) in [6.45, 7) is 2.59. The first-order chi connectivity index (χ1) is 12.1. The van der Waals surface area contributed by atoms with Gasteiger partial charge in [0.1, 0.15) is 5.75 Å². The third-order valence-electron chi connectivity index (χ3n) is 3.46. The van der Waals surface area contributed by atoms with E-state index in [2.05, 4.69) is 55.4 Å². The fourth-order valence-electron chi connectivity index (χ4n) is 2.12. The lowest BCUT2D eigenvalue weighted by molar-refractivity contribution is -0.121. The average Bonchev–Trinajstić information content (AvgIpc) is 2.60. The minimum Gasteiger partial charge on any atom is -0.492 e. The highest BCUT2D eigenvalue weighted by atomic mass is 79.9. The summed E-state index contributed by atoms with van der Waals surface area (Å²) in [4.78, 5) is 11.8. The minimum absolute atomic E-state index is 0.129. The van der Waals surface area contributed by atoms with Crippen molar-refractivity contribution in [2.24, 2.45) is 5.10 Å². The number of nitrogens with one attached hydrogen (secondary N) is 1. The van der Waals surface area contributed by atoms with E-state index in [0.717, 1.165) is 26.7 Å². The summed E-state index contributed by atoms with van der Waals surface area (Å²) in [5.41, 5.74) is 4.69. The van der Waals surface area contributed by atoms with Crippen LogP contribution < -0.4 is 10.2 Å². The molecule has 0 bridgehead atoms. The number of benzene rings is 2. The first kappa shape index (κ1) is 19.7. The number of hydrogen-bond acceptors (Lipinski definition) is 3. The molecular formula is C19H20Br2N2O2. The van der Waals surface area contributed by atoms with Gasteiger partial charge in [-0.25, -0.2) is 5.43 Å². The highest BCUT2D eigenvalue weighted by Crippen LogP contribution is 2.26. The van der Waals surface area contributed by atoms with E-state index in [-0.39, 0.29) is 5.91 Å². The highest BCUT2D eigenvalue weighted by molar-refractivity contribution is 9.10. The standard InChI is InChI=1S/C19H20Br2N2O2/c1-2-14-8-9-18(17(21)12-14)25-10-4-7-19(24)23-22-13-15-5-3-6-16(20)11-15/h3,5-6,8-9,11-13H,2,4,7,10H2,1H3,(H,23,24)/b22-13+. The van der Waals surface area contributed by atoms with Gasteiger partial charge in [0.2, 0.25) is 5.91 Å². The van der Waals surface area contributed by atoms with Crippen LogP contribution in [0.5, 0.6) is 5.75 Å². The van der Waals surface area contributed by atoms with Crippen molar-refractivity contribution in [3.8, 4) is 5.75 Å². The van der Waals surface area contributed by atoms with Crippen LogP contribution in [-0.2, 0) is 11.2 Å². The van der Waals surface area contributed by atoms with E-state index >= 15 is 0 Å². The zero-order valence-corrected chi connectivity index (χ0v) is 17.1. The second-order valence-corrected chi connectivity index (χ2v) is 7.19. The molecule has 1 amide bonds. The summed E-state index contributed by atoms with van der Waals surface area (Å²) in [5.74, 6) is 0.667. The van der Waals surface area contributed by atoms with Gasteiger partial charge in [-0.1, -0.05) is 41.1 Å². The number of halogens is 2. The Balaban J connectivity index is 1.68. The maximum atomic E-state index is 11.8. The van der Waals surface area contributed by atoms with Crippen molar-refractivity contribution in [1.29, 1.82) is 0 Å². The Morgan fingerprint density at radius 2 is 2.08 bits per heavy atom. The van der Waals surface area contributed by atoms with Gasteiger partial charge in [-0.2, -0.15) is 5.10 Å². The van der Waals surface area contributed by atoms with Crippen LogP contribution in [-0.4, -0.2) is 18.7 Å². The molecule has 0 aliphatic carbocycles. The molecule has 0 aromatic heterocycles. The van der Waals surface area contributed by atoms with Crippen molar-refractivity contribution < 1.29 is 9.53 Å². The maximum Gasteiger partial charge on any atom is 0.240 e. The summed E-state index contributed by atoms with van der Waals surface area (Å²) >= 11 is 6.89. The number of carbonyl (C=O) groups is 1. The molecule has 0 aliphatic heterocycles. The zero-order chi connectivity index (χ0) is 18.1. The normalized spacial score (nSPS) is 10.8. The topological polar surface area (TPSA) is 50.7 Å².